The molecule has 0 saturated heterocycles. The molecular weight excluding hydrogens is 262 g/mol. The smallest absolute Gasteiger partial charge is 0.189 e. The molecule has 0 aliphatic carbocycles. The summed E-state index contributed by atoms with van der Waals surface area (Å²) in [6.45, 7) is 0. The SMILES string of the molecule is Cn1ncc(C(=O)Cc2coc(Br)c2)n1. The monoisotopic (exact) mass is 269 g/mol. The Labute approximate surface area is 94.2 Å². The third kappa shape index (κ3) is 2.33. The van der Waals surface area contributed by atoms with Crippen molar-refractivity contribution in [3.63, 3.8) is 0 Å². The number of aromatic nitrogens is 3. The maximum atomic E-state index is 11.7. The maximum absolute atomic E-state index is 11.7. The molecule has 2 aromatic rings. The molecule has 0 N–H and O–H groups in total. The van der Waals surface area contributed by atoms with E-state index in [1.54, 1.807) is 19.4 Å². The highest BCUT2D eigenvalue weighted by Gasteiger charge is 2.12. The van der Waals surface area contributed by atoms with Crippen molar-refractivity contribution in [2.24, 2.45) is 7.05 Å². The fourth-order valence-corrected chi connectivity index (χ4v) is 1.58. The molecule has 0 atom stereocenters. The summed E-state index contributed by atoms with van der Waals surface area (Å²) < 4.78 is 5.64. The van der Waals surface area contributed by atoms with Gasteiger partial charge in [-0.05, 0) is 27.6 Å². The predicted octanol–water partition coefficient (Wildman–Crippen LogP) is 1.60. The van der Waals surface area contributed by atoms with Crippen LogP contribution in [0.4, 0.5) is 0 Å². The lowest BCUT2D eigenvalue weighted by molar-refractivity contribution is 0.0987. The summed E-state index contributed by atoms with van der Waals surface area (Å²) >= 11 is 3.17. The Morgan fingerprint density at radius 3 is 3.00 bits per heavy atom. The van der Waals surface area contributed by atoms with Crippen LogP contribution in [0.5, 0.6) is 0 Å². The standard InChI is InChI=1S/C9H8BrN3O2/c1-13-11-4-7(12-13)8(14)2-6-3-9(10)15-5-6/h3-5H,2H2,1H3. The minimum absolute atomic E-state index is 0.0728. The summed E-state index contributed by atoms with van der Waals surface area (Å²) in [6, 6.07) is 1.76. The first kappa shape index (κ1) is 10.1. The van der Waals surface area contributed by atoms with Crippen molar-refractivity contribution in [3.8, 4) is 0 Å². The summed E-state index contributed by atoms with van der Waals surface area (Å²) in [5.41, 5.74) is 1.19. The Kier molecular flexibility index (Phi) is 2.68. The van der Waals surface area contributed by atoms with Crippen LogP contribution in [0.2, 0.25) is 0 Å². The van der Waals surface area contributed by atoms with Crippen molar-refractivity contribution in [2.45, 2.75) is 6.42 Å². The van der Waals surface area contributed by atoms with Gasteiger partial charge in [0, 0.05) is 13.5 Å². The second kappa shape index (κ2) is 3.98. The highest BCUT2D eigenvalue weighted by atomic mass is 79.9. The van der Waals surface area contributed by atoms with Crippen LogP contribution < -0.4 is 0 Å². The van der Waals surface area contributed by atoms with Crippen molar-refractivity contribution < 1.29 is 9.21 Å². The number of carbonyl (C=O) groups is 1. The number of Topliss-reactive ketones (excluding diaryl/α,β-unsaturated/α-hetero) is 1. The van der Waals surface area contributed by atoms with Crippen molar-refractivity contribution in [2.75, 3.05) is 0 Å². The third-order valence-corrected chi connectivity index (χ3v) is 2.29. The zero-order valence-electron chi connectivity index (χ0n) is 7.98. The highest BCUT2D eigenvalue weighted by molar-refractivity contribution is 9.10. The molecule has 15 heavy (non-hydrogen) atoms. The van der Waals surface area contributed by atoms with Gasteiger partial charge in [-0.2, -0.15) is 15.0 Å². The molecule has 0 radical (unpaired) electrons. The van der Waals surface area contributed by atoms with E-state index in [-0.39, 0.29) is 12.2 Å². The fourth-order valence-electron chi connectivity index (χ4n) is 1.19. The zero-order chi connectivity index (χ0) is 10.8. The summed E-state index contributed by atoms with van der Waals surface area (Å²) in [6.07, 6.45) is 3.27. The highest BCUT2D eigenvalue weighted by Crippen LogP contribution is 2.15. The van der Waals surface area contributed by atoms with E-state index in [1.165, 1.54) is 11.0 Å². The number of halogens is 1. The molecule has 0 amide bonds. The lowest BCUT2D eigenvalue weighted by atomic mass is 10.1. The van der Waals surface area contributed by atoms with E-state index in [9.17, 15) is 4.79 Å². The summed E-state index contributed by atoms with van der Waals surface area (Å²) in [5.74, 6) is -0.0728. The minimum atomic E-state index is -0.0728. The van der Waals surface area contributed by atoms with E-state index in [0.717, 1.165) is 5.56 Å². The molecule has 0 bridgehead atoms. The van der Waals surface area contributed by atoms with Gasteiger partial charge in [0.05, 0.1) is 12.5 Å². The van der Waals surface area contributed by atoms with Crippen LogP contribution in [-0.4, -0.2) is 20.8 Å². The normalized spacial score (nSPS) is 10.5. The van der Waals surface area contributed by atoms with Gasteiger partial charge < -0.3 is 4.42 Å². The number of hydrogen-bond acceptors (Lipinski definition) is 4. The fraction of sp³-hybridized carbons (Fsp3) is 0.222. The summed E-state index contributed by atoms with van der Waals surface area (Å²) in [5, 5.41) is 7.76. The number of hydrogen-bond donors (Lipinski definition) is 0. The Hall–Kier alpha value is -1.43. The van der Waals surface area contributed by atoms with Gasteiger partial charge in [-0.15, -0.1) is 0 Å². The van der Waals surface area contributed by atoms with Crippen LogP contribution in [0, 0.1) is 0 Å². The molecule has 78 valence electrons. The van der Waals surface area contributed by atoms with Crippen molar-refractivity contribution in [1.82, 2.24) is 15.0 Å². The van der Waals surface area contributed by atoms with Gasteiger partial charge >= 0.3 is 0 Å². The van der Waals surface area contributed by atoms with Crippen LogP contribution in [-0.2, 0) is 13.5 Å². The lowest BCUT2D eigenvalue weighted by Gasteiger charge is -1.91. The van der Waals surface area contributed by atoms with E-state index < -0.39 is 0 Å². The number of carbonyl (C=O) groups excluding carboxylic acids is 1. The minimum Gasteiger partial charge on any atom is -0.457 e. The van der Waals surface area contributed by atoms with Crippen LogP contribution in [0.1, 0.15) is 16.1 Å². The molecule has 0 aliphatic rings. The van der Waals surface area contributed by atoms with Gasteiger partial charge in [0.2, 0.25) is 0 Å². The van der Waals surface area contributed by atoms with Crippen molar-refractivity contribution >= 4 is 21.7 Å². The second-order valence-electron chi connectivity index (χ2n) is 3.08. The first-order chi connectivity index (χ1) is 7.15. The first-order valence-corrected chi connectivity index (χ1v) is 5.07. The summed E-state index contributed by atoms with van der Waals surface area (Å²) in [7, 11) is 1.67. The maximum Gasteiger partial charge on any atom is 0.189 e. The number of furan rings is 1. The molecular formula is C9H8BrN3O2. The third-order valence-electron chi connectivity index (χ3n) is 1.87. The van der Waals surface area contributed by atoms with Gasteiger partial charge in [-0.3, -0.25) is 4.79 Å². The van der Waals surface area contributed by atoms with Crippen LogP contribution in [0.3, 0.4) is 0 Å². The summed E-state index contributed by atoms with van der Waals surface area (Å²) in [4.78, 5) is 13.0. The second-order valence-corrected chi connectivity index (χ2v) is 3.86. The number of ketones is 1. The first-order valence-electron chi connectivity index (χ1n) is 4.27. The van der Waals surface area contributed by atoms with Crippen LogP contribution >= 0.6 is 15.9 Å². The zero-order valence-corrected chi connectivity index (χ0v) is 9.56. The van der Waals surface area contributed by atoms with E-state index in [0.29, 0.717) is 10.4 Å². The molecule has 0 saturated carbocycles. The van der Waals surface area contributed by atoms with Gasteiger partial charge in [-0.1, -0.05) is 0 Å². The van der Waals surface area contributed by atoms with E-state index in [2.05, 4.69) is 26.1 Å². The van der Waals surface area contributed by atoms with Crippen LogP contribution in [0.15, 0.2) is 27.6 Å². The van der Waals surface area contributed by atoms with E-state index in [4.69, 9.17) is 4.42 Å². The molecule has 5 nitrogen and oxygen atoms in total. The molecule has 0 fully saturated rings. The molecule has 2 heterocycles. The molecule has 2 aromatic heterocycles. The van der Waals surface area contributed by atoms with Gasteiger partial charge in [0.15, 0.2) is 10.5 Å². The molecule has 2 rings (SSSR count). The van der Waals surface area contributed by atoms with Gasteiger partial charge in [-0.25, -0.2) is 0 Å². The quantitative estimate of drug-likeness (QED) is 0.795. The van der Waals surface area contributed by atoms with E-state index in [1.807, 2.05) is 0 Å². The Bertz CT molecular complexity index is 489. The number of rotatable bonds is 3. The van der Waals surface area contributed by atoms with Crippen molar-refractivity contribution in [1.29, 1.82) is 0 Å². The number of nitrogens with zero attached hydrogens (tertiary/aromatic N) is 3. The Morgan fingerprint density at radius 1 is 1.67 bits per heavy atom. The largest absolute Gasteiger partial charge is 0.457 e. The molecule has 0 aliphatic heterocycles. The average Bonchev–Trinajstić information content (AvgIpc) is 2.75. The molecule has 0 spiro atoms. The lowest BCUT2D eigenvalue weighted by Crippen LogP contribution is -2.04. The Balaban J connectivity index is 2.10. The topological polar surface area (TPSA) is 60.9 Å². The van der Waals surface area contributed by atoms with Gasteiger partial charge in [0.25, 0.3) is 0 Å². The average molecular weight is 270 g/mol. The van der Waals surface area contributed by atoms with Crippen molar-refractivity contribution in [3.05, 3.63) is 34.5 Å². The molecule has 6 heteroatoms. The molecule has 0 unspecified atom stereocenters. The van der Waals surface area contributed by atoms with E-state index >= 15 is 0 Å². The van der Waals surface area contributed by atoms with Gasteiger partial charge in [0.1, 0.15) is 5.69 Å². The van der Waals surface area contributed by atoms with Crippen LogP contribution in [0.25, 0.3) is 0 Å². The molecule has 0 aromatic carbocycles. The number of aryl methyl sites for hydroxylation is 1. The Morgan fingerprint density at radius 2 is 2.47 bits per heavy atom. The predicted molar refractivity (Wildman–Crippen MR) is 55.4 cm³/mol.